The van der Waals surface area contributed by atoms with Gasteiger partial charge in [-0.2, -0.15) is 0 Å². The van der Waals surface area contributed by atoms with Gasteiger partial charge >= 0.3 is 0 Å². The van der Waals surface area contributed by atoms with Crippen LogP contribution in [0.25, 0.3) is 0 Å². The molecule has 0 saturated carbocycles. The Hall–Kier alpha value is -0.420. The molecular formula is C14H21BrN2O. The summed E-state index contributed by atoms with van der Waals surface area (Å²) >= 11 is 3.56. The molecule has 2 atom stereocenters. The van der Waals surface area contributed by atoms with Crippen LogP contribution in [0.15, 0.2) is 22.7 Å². The number of methoxy groups -OCH3 is 1. The third-order valence-electron chi connectivity index (χ3n) is 3.73. The predicted octanol–water partition coefficient (Wildman–Crippen LogP) is 2.55. The van der Waals surface area contributed by atoms with Crippen LogP contribution in [0.1, 0.15) is 23.6 Å². The Balaban J connectivity index is 2.28. The average molecular weight is 313 g/mol. The third-order valence-corrected chi connectivity index (χ3v) is 4.23. The highest BCUT2D eigenvalue weighted by atomic mass is 79.9. The maximum atomic E-state index is 5.80. The molecule has 1 aliphatic rings. The molecule has 0 radical (unpaired) electrons. The highest BCUT2D eigenvalue weighted by Gasteiger charge is 2.31. The van der Waals surface area contributed by atoms with E-state index in [-0.39, 0.29) is 0 Å². The Kier molecular flexibility index (Phi) is 4.78. The third kappa shape index (κ3) is 2.94. The van der Waals surface area contributed by atoms with Gasteiger partial charge in [-0.05, 0) is 49.2 Å². The van der Waals surface area contributed by atoms with Crippen LogP contribution in [0, 0.1) is 5.92 Å². The summed E-state index contributed by atoms with van der Waals surface area (Å²) < 4.78 is 6.42. The molecule has 1 fully saturated rings. The molecule has 4 heteroatoms. The Morgan fingerprint density at radius 2 is 2.28 bits per heavy atom. The summed E-state index contributed by atoms with van der Waals surface area (Å²) in [6, 6.07) is 6.90. The zero-order chi connectivity index (χ0) is 13.1. The van der Waals surface area contributed by atoms with Gasteiger partial charge in [0.05, 0.1) is 6.61 Å². The van der Waals surface area contributed by atoms with E-state index in [4.69, 9.17) is 10.5 Å². The van der Waals surface area contributed by atoms with Crippen molar-refractivity contribution in [2.45, 2.75) is 19.1 Å². The Morgan fingerprint density at radius 3 is 2.89 bits per heavy atom. The average Bonchev–Trinajstić information content (AvgIpc) is 2.73. The van der Waals surface area contributed by atoms with Crippen molar-refractivity contribution in [1.29, 1.82) is 0 Å². The quantitative estimate of drug-likeness (QED) is 0.928. The molecule has 1 saturated heterocycles. The second kappa shape index (κ2) is 6.15. The van der Waals surface area contributed by atoms with E-state index in [2.05, 4.69) is 46.1 Å². The molecule has 1 heterocycles. The van der Waals surface area contributed by atoms with Crippen LogP contribution in [-0.4, -0.2) is 32.1 Å². The van der Waals surface area contributed by atoms with Crippen LogP contribution in [0.3, 0.4) is 0 Å². The molecule has 2 unspecified atom stereocenters. The maximum Gasteiger partial charge on any atom is 0.0716 e. The summed E-state index contributed by atoms with van der Waals surface area (Å²) in [5, 5.41) is 0. The van der Waals surface area contributed by atoms with E-state index in [1.807, 2.05) is 0 Å². The molecule has 1 aliphatic heterocycles. The van der Waals surface area contributed by atoms with Gasteiger partial charge in [-0.1, -0.05) is 22.0 Å². The number of nitrogens with zero attached hydrogens (tertiary/aromatic N) is 1. The minimum atomic E-state index is 0.459. The lowest BCUT2D eigenvalue weighted by Crippen LogP contribution is -2.21. The standard InChI is InChI=1S/C14H21BrN2O/c1-17-8-10(7-16)5-14(17)13-6-12(15)4-3-11(13)9-18-2/h3-4,6,10,14H,5,7-9,16H2,1-2H3. The number of rotatable bonds is 4. The molecule has 1 aromatic rings. The number of hydrogen-bond donors (Lipinski definition) is 1. The lowest BCUT2D eigenvalue weighted by molar-refractivity contribution is 0.182. The summed E-state index contributed by atoms with van der Waals surface area (Å²) in [5.41, 5.74) is 8.44. The number of halogens is 1. The molecule has 2 rings (SSSR count). The van der Waals surface area contributed by atoms with Crippen LogP contribution in [0.5, 0.6) is 0 Å². The lowest BCUT2D eigenvalue weighted by atomic mass is 9.96. The van der Waals surface area contributed by atoms with E-state index in [0.29, 0.717) is 18.6 Å². The van der Waals surface area contributed by atoms with Crippen LogP contribution in [0.4, 0.5) is 0 Å². The Morgan fingerprint density at radius 1 is 1.50 bits per heavy atom. The minimum absolute atomic E-state index is 0.459. The molecule has 100 valence electrons. The van der Waals surface area contributed by atoms with Crippen molar-refractivity contribution in [3.63, 3.8) is 0 Å². The van der Waals surface area contributed by atoms with Crippen LogP contribution < -0.4 is 5.73 Å². The van der Waals surface area contributed by atoms with E-state index in [0.717, 1.165) is 24.0 Å². The number of benzene rings is 1. The van der Waals surface area contributed by atoms with Gasteiger partial charge in [-0.15, -0.1) is 0 Å². The van der Waals surface area contributed by atoms with E-state index in [1.54, 1.807) is 7.11 Å². The topological polar surface area (TPSA) is 38.5 Å². The van der Waals surface area contributed by atoms with Crippen molar-refractivity contribution in [1.82, 2.24) is 4.90 Å². The van der Waals surface area contributed by atoms with E-state index in [9.17, 15) is 0 Å². The van der Waals surface area contributed by atoms with Gasteiger partial charge in [0, 0.05) is 24.2 Å². The van der Waals surface area contributed by atoms with E-state index >= 15 is 0 Å². The van der Waals surface area contributed by atoms with E-state index < -0.39 is 0 Å². The molecule has 0 amide bonds. The highest BCUT2D eigenvalue weighted by molar-refractivity contribution is 9.10. The molecule has 0 aromatic heterocycles. The van der Waals surface area contributed by atoms with E-state index in [1.165, 1.54) is 11.1 Å². The van der Waals surface area contributed by atoms with Crippen LogP contribution in [-0.2, 0) is 11.3 Å². The molecule has 3 nitrogen and oxygen atoms in total. The first-order valence-electron chi connectivity index (χ1n) is 6.33. The van der Waals surface area contributed by atoms with Crippen LogP contribution >= 0.6 is 15.9 Å². The fraction of sp³-hybridized carbons (Fsp3) is 0.571. The number of hydrogen-bond acceptors (Lipinski definition) is 3. The lowest BCUT2D eigenvalue weighted by Gasteiger charge is -2.22. The van der Waals surface area contributed by atoms with Crippen molar-refractivity contribution in [3.05, 3.63) is 33.8 Å². The first-order valence-corrected chi connectivity index (χ1v) is 7.12. The van der Waals surface area contributed by atoms with Crippen LogP contribution in [0.2, 0.25) is 0 Å². The van der Waals surface area contributed by atoms with Gasteiger partial charge in [0.2, 0.25) is 0 Å². The first-order chi connectivity index (χ1) is 8.65. The SMILES string of the molecule is COCc1ccc(Br)cc1C1CC(CN)CN1C. The number of ether oxygens (including phenoxy) is 1. The summed E-state index contributed by atoms with van der Waals surface area (Å²) in [5.74, 6) is 0.606. The zero-order valence-electron chi connectivity index (χ0n) is 11.0. The smallest absolute Gasteiger partial charge is 0.0716 e. The molecular weight excluding hydrogens is 292 g/mol. The second-order valence-electron chi connectivity index (χ2n) is 5.07. The van der Waals surface area contributed by atoms with Gasteiger partial charge in [0.25, 0.3) is 0 Å². The van der Waals surface area contributed by atoms with Gasteiger partial charge < -0.3 is 10.5 Å². The van der Waals surface area contributed by atoms with Crippen molar-refractivity contribution in [2.75, 3.05) is 27.2 Å². The molecule has 0 aliphatic carbocycles. The van der Waals surface area contributed by atoms with Gasteiger partial charge in [-0.25, -0.2) is 0 Å². The highest BCUT2D eigenvalue weighted by Crippen LogP contribution is 2.36. The minimum Gasteiger partial charge on any atom is -0.380 e. The van der Waals surface area contributed by atoms with Gasteiger partial charge in [0.1, 0.15) is 0 Å². The van der Waals surface area contributed by atoms with Crippen molar-refractivity contribution in [2.24, 2.45) is 11.7 Å². The Labute approximate surface area is 117 Å². The monoisotopic (exact) mass is 312 g/mol. The molecule has 18 heavy (non-hydrogen) atoms. The maximum absolute atomic E-state index is 5.80. The zero-order valence-corrected chi connectivity index (χ0v) is 12.6. The Bertz CT molecular complexity index is 411. The molecule has 0 spiro atoms. The normalized spacial score (nSPS) is 24.7. The molecule has 2 N–H and O–H groups in total. The first kappa shape index (κ1) is 14.0. The van der Waals surface area contributed by atoms with Crippen molar-refractivity contribution >= 4 is 15.9 Å². The summed E-state index contributed by atoms with van der Waals surface area (Å²) in [6.07, 6.45) is 1.14. The predicted molar refractivity (Wildman–Crippen MR) is 77.4 cm³/mol. The van der Waals surface area contributed by atoms with Crippen molar-refractivity contribution in [3.8, 4) is 0 Å². The second-order valence-corrected chi connectivity index (χ2v) is 5.98. The number of nitrogens with two attached hydrogens (primary N) is 1. The van der Waals surface area contributed by atoms with Gasteiger partial charge in [0.15, 0.2) is 0 Å². The summed E-state index contributed by atoms with van der Waals surface area (Å²) in [7, 11) is 3.92. The fourth-order valence-electron chi connectivity index (χ4n) is 2.80. The van der Waals surface area contributed by atoms with Gasteiger partial charge in [-0.3, -0.25) is 4.90 Å². The largest absolute Gasteiger partial charge is 0.380 e. The molecule has 0 bridgehead atoms. The summed E-state index contributed by atoms with van der Waals surface area (Å²) in [6.45, 7) is 2.52. The van der Waals surface area contributed by atoms with Crippen molar-refractivity contribution < 1.29 is 4.74 Å². The number of likely N-dealkylation sites (tertiary alicyclic amines) is 1. The fourth-order valence-corrected chi connectivity index (χ4v) is 3.18. The summed E-state index contributed by atoms with van der Waals surface area (Å²) in [4.78, 5) is 2.40. The molecule has 1 aromatic carbocycles.